The van der Waals surface area contributed by atoms with Gasteiger partial charge in [0, 0.05) is 16.6 Å². The molecule has 0 aliphatic heterocycles. The van der Waals surface area contributed by atoms with Gasteiger partial charge in [0.05, 0.1) is 5.56 Å². The van der Waals surface area contributed by atoms with E-state index in [0.717, 1.165) is 5.52 Å². The molecule has 1 aromatic carbocycles. The maximum atomic E-state index is 12.1. The number of nitrogens with zero attached hydrogens (tertiary/aromatic N) is 1. The SMILES string of the molecule is Cc1[nH]c2ccccc2c1C(=O)C(=O)O[C@H](C)C#N. The Kier molecular flexibility index (Phi) is 3.34. The van der Waals surface area contributed by atoms with Crippen LogP contribution in [0, 0.1) is 18.3 Å². The van der Waals surface area contributed by atoms with Crippen molar-refractivity contribution in [1.82, 2.24) is 4.98 Å². The molecule has 1 N–H and O–H groups in total. The second kappa shape index (κ2) is 4.94. The molecule has 1 atom stereocenters. The normalized spacial score (nSPS) is 11.8. The smallest absolute Gasteiger partial charge is 0.381 e. The van der Waals surface area contributed by atoms with Crippen LogP contribution in [0.1, 0.15) is 23.0 Å². The number of fused-ring (bicyclic) bond motifs is 1. The summed E-state index contributed by atoms with van der Waals surface area (Å²) in [6, 6.07) is 8.95. The minimum absolute atomic E-state index is 0.297. The Morgan fingerprint density at radius 3 is 2.74 bits per heavy atom. The quantitative estimate of drug-likeness (QED) is 0.518. The topological polar surface area (TPSA) is 82.9 Å². The molecule has 2 aromatic rings. The van der Waals surface area contributed by atoms with Crippen LogP contribution in [0.5, 0.6) is 0 Å². The molecule has 5 nitrogen and oxygen atoms in total. The predicted octanol–water partition coefficient (Wildman–Crippen LogP) is 2.11. The lowest BCUT2D eigenvalue weighted by atomic mass is 10.1. The number of rotatable bonds is 3. The van der Waals surface area contributed by atoms with E-state index in [1.165, 1.54) is 6.92 Å². The van der Waals surface area contributed by atoms with E-state index >= 15 is 0 Å². The summed E-state index contributed by atoms with van der Waals surface area (Å²) < 4.78 is 4.73. The third-order valence-corrected chi connectivity index (χ3v) is 2.77. The number of aryl methyl sites for hydroxylation is 1. The summed E-state index contributed by atoms with van der Waals surface area (Å²) in [5.74, 6) is -1.75. The van der Waals surface area contributed by atoms with Crippen LogP contribution < -0.4 is 0 Å². The molecule has 0 aliphatic carbocycles. The molecule has 0 fully saturated rings. The zero-order valence-electron chi connectivity index (χ0n) is 10.6. The number of nitrogens with one attached hydrogen (secondary N) is 1. The van der Waals surface area contributed by atoms with Gasteiger partial charge in [0.25, 0.3) is 5.78 Å². The summed E-state index contributed by atoms with van der Waals surface area (Å²) in [6.45, 7) is 3.13. The van der Waals surface area contributed by atoms with Crippen LogP contribution in [-0.4, -0.2) is 22.8 Å². The number of benzene rings is 1. The van der Waals surface area contributed by atoms with Gasteiger partial charge in [-0.2, -0.15) is 5.26 Å². The molecule has 2 rings (SSSR count). The molecule has 19 heavy (non-hydrogen) atoms. The molecule has 1 heterocycles. The van der Waals surface area contributed by atoms with Crippen LogP contribution in [0.4, 0.5) is 0 Å². The fourth-order valence-corrected chi connectivity index (χ4v) is 1.91. The molecule has 0 saturated carbocycles. The van der Waals surface area contributed by atoms with Gasteiger partial charge >= 0.3 is 5.97 Å². The molecule has 0 unspecified atom stereocenters. The van der Waals surface area contributed by atoms with Crippen LogP contribution in [0.3, 0.4) is 0 Å². The molecule has 1 aromatic heterocycles. The Morgan fingerprint density at radius 2 is 2.05 bits per heavy atom. The van der Waals surface area contributed by atoms with Crippen molar-refractivity contribution < 1.29 is 14.3 Å². The number of aromatic nitrogens is 1. The number of para-hydroxylation sites is 1. The standard InChI is InChI=1S/C14H12N2O3/c1-8(7-15)19-14(18)13(17)12-9(2)16-11-6-4-3-5-10(11)12/h3-6,8,16H,1-2H3/t8-/m1/s1. The van der Waals surface area contributed by atoms with Gasteiger partial charge < -0.3 is 9.72 Å². The fraction of sp³-hybridized carbons (Fsp3) is 0.214. The Bertz CT molecular complexity index is 694. The second-order valence-electron chi connectivity index (χ2n) is 4.18. The van der Waals surface area contributed by atoms with E-state index in [-0.39, 0.29) is 0 Å². The molecular weight excluding hydrogens is 244 g/mol. The number of carbonyl (C=O) groups is 2. The summed E-state index contributed by atoms with van der Waals surface area (Å²) in [5.41, 5.74) is 1.68. The van der Waals surface area contributed by atoms with Crippen LogP contribution in [0.25, 0.3) is 10.9 Å². The Hall–Kier alpha value is -2.61. The number of ketones is 1. The number of ether oxygens (including phenoxy) is 1. The summed E-state index contributed by atoms with van der Waals surface area (Å²) in [4.78, 5) is 26.8. The Balaban J connectivity index is 2.39. The van der Waals surface area contributed by atoms with Crippen molar-refractivity contribution in [2.45, 2.75) is 20.0 Å². The van der Waals surface area contributed by atoms with Crippen molar-refractivity contribution in [2.24, 2.45) is 0 Å². The molecule has 5 heteroatoms. The van der Waals surface area contributed by atoms with E-state index in [9.17, 15) is 9.59 Å². The molecule has 0 bridgehead atoms. The lowest BCUT2D eigenvalue weighted by molar-refractivity contribution is -0.140. The summed E-state index contributed by atoms with van der Waals surface area (Å²) in [6.07, 6.45) is -0.943. The molecule has 96 valence electrons. The van der Waals surface area contributed by atoms with E-state index in [1.54, 1.807) is 25.1 Å². The summed E-state index contributed by atoms with van der Waals surface area (Å²) >= 11 is 0. The first kappa shape index (κ1) is 12.8. The summed E-state index contributed by atoms with van der Waals surface area (Å²) in [7, 11) is 0. The summed E-state index contributed by atoms with van der Waals surface area (Å²) in [5, 5.41) is 9.25. The largest absolute Gasteiger partial charge is 0.441 e. The fourth-order valence-electron chi connectivity index (χ4n) is 1.91. The van der Waals surface area contributed by atoms with E-state index in [2.05, 4.69) is 4.98 Å². The zero-order chi connectivity index (χ0) is 14.0. The minimum atomic E-state index is -1.01. The zero-order valence-corrected chi connectivity index (χ0v) is 10.6. The van der Waals surface area contributed by atoms with Crippen molar-refractivity contribution >= 4 is 22.7 Å². The monoisotopic (exact) mass is 256 g/mol. The van der Waals surface area contributed by atoms with Crippen molar-refractivity contribution in [3.05, 3.63) is 35.5 Å². The molecule has 0 aliphatic rings. The number of hydrogen-bond acceptors (Lipinski definition) is 4. The average molecular weight is 256 g/mol. The number of aromatic amines is 1. The van der Waals surface area contributed by atoms with Crippen molar-refractivity contribution in [3.8, 4) is 6.07 Å². The first-order chi connectivity index (χ1) is 9.04. The predicted molar refractivity (Wildman–Crippen MR) is 68.5 cm³/mol. The highest BCUT2D eigenvalue weighted by atomic mass is 16.5. The van der Waals surface area contributed by atoms with Gasteiger partial charge in [0.2, 0.25) is 0 Å². The minimum Gasteiger partial charge on any atom is -0.441 e. The maximum absolute atomic E-state index is 12.1. The van der Waals surface area contributed by atoms with Crippen LogP contribution in [0.2, 0.25) is 0 Å². The number of Topliss-reactive ketones (excluding diaryl/α,β-unsaturated/α-hetero) is 1. The van der Waals surface area contributed by atoms with Crippen molar-refractivity contribution in [2.75, 3.05) is 0 Å². The highest BCUT2D eigenvalue weighted by Gasteiger charge is 2.25. The van der Waals surface area contributed by atoms with Gasteiger partial charge in [-0.1, -0.05) is 18.2 Å². The molecular formula is C14H12N2O3. The van der Waals surface area contributed by atoms with Gasteiger partial charge in [-0.25, -0.2) is 4.79 Å². The first-order valence-corrected chi connectivity index (χ1v) is 5.77. The lowest BCUT2D eigenvalue weighted by Gasteiger charge is -2.05. The van der Waals surface area contributed by atoms with Crippen molar-refractivity contribution in [1.29, 1.82) is 5.26 Å². The Morgan fingerprint density at radius 1 is 1.37 bits per heavy atom. The third kappa shape index (κ3) is 2.33. The van der Waals surface area contributed by atoms with Crippen molar-refractivity contribution in [3.63, 3.8) is 0 Å². The number of H-pyrrole nitrogens is 1. The van der Waals surface area contributed by atoms with E-state index in [0.29, 0.717) is 16.6 Å². The number of hydrogen-bond donors (Lipinski definition) is 1. The highest BCUT2D eigenvalue weighted by Crippen LogP contribution is 2.22. The van der Waals surface area contributed by atoms with E-state index in [4.69, 9.17) is 10.00 Å². The average Bonchev–Trinajstić information content (AvgIpc) is 2.73. The number of nitriles is 1. The second-order valence-corrected chi connectivity index (χ2v) is 4.18. The number of esters is 1. The van der Waals surface area contributed by atoms with E-state index < -0.39 is 17.9 Å². The molecule has 0 radical (unpaired) electrons. The first-order valence-electron chi connectivity index (χ1n) is 5.77. The van der Waals surface area contributed by atoms with Crippen LogP contribution >= 0.6 is 0 Å². The van der Waals surface area contributed by atoms with Crippen LogP contribution in [0.15, 0.2) is 24.3 Å². The van der Waals surface area contributed by atoms with Gasteiger partial charge in [-0.15, -0.1) is 0 Å². The number of carbonyl (C=O) groups excluding carboxylic acids is 2. The van der Waals surface area contributed by atoms with Gasteiger partial charge in [-0.05, 0) is 19.9 Å². The Labute approximate surface area is 109 Å². The third-order valence-electron chi connectivity index (χ3n) is 2.77. The van der Waals surface area contributed by atoms with Gasteiger partial charge in [0.1, 0.15) is 6.07 Å². The molecule has 0 spiro atoms. The van der Waals surface area contributed by atoms with E-state index in [1.807, 2.05) is 12.1 Å². The maximum Gasteiger partial charge on any atom is 0.381 e. The van der Waals surface area contributed by atoms with Gasteiger partial charge in [0.15, 0.2) is 6.10 Å². The van der Waals surface area contributed by atoms with Crippen LogP contribution in [-0.2, 0) is 9.53 Å². The lowest BCUT2D eigenvalue weighted by Crippen LogP contribution is -2.22. The molecule has 0 amide bonds. The highest BCUT2D eigenvalue weighted by molar-refractivity contribution is 6.43. The molecule has 0 saturated heterocycles. The van der Waals surface area contributed by atoms with Gasteiger partial charge in [-0.3, -0.25) is 4.79 Å².